The van der Waals surface area contributed by atoms with Gasteiger partial charge in [-0.05, 0) is 19.8 Å². The van der Waals surface area contributed by atoms with Crippen LogP contribution in [0.15, 0.2) is 0 Å². The zero-order valence-electron chi connectivity index (χ0n) is 9.49. The number of methoxy groups -OCH3 is 1. The van der Waals surface area contributed by atoms with Gasteiger partial charge in [-0.15, -0.1) is 0 Å². The van der Waals surface area contributed by atoms with Crippen molar-refractivity contribution in [2.75, 3.05) is 20.2 Å². The maximum atomic E-state index is 12.1. The lowest BCUT2D eigenvalue weighted by Gasteiger charge is -2.24. The molecule has 0 aliphatic heterocycles. The summed E-state index contributed by atoms with van der Waals surface area (Å²) >= 11 is 4.89. The summed E-state index contributed by atoms with van der Waals surface area (Å²) in [7, 11) is 1.29. The highest BCUT2D eigenvalue weighted by Gasteiger charge is 2.54. The topological polar surface area (TPSA) is 72.6 Å². The normalized spacial score (nSPS) is 16.4. The van der Waals surface area contributed by atoms with E-state index >= 15 is 0 Å². The zero-order valence-corrected chi connectivity index (χ0v) is 10.3. The third-order valence-corrected chi connectivity index (χ3v) is 3.24. The number of amides is 1. The lowest BCUT2D eigenvalue weighted by Crippen LogP contribution is -2.45. The van der Waals surface area contributed by atoms with E-state index in [2.05, 4.69) is 4.74 Å². The van der Waals surface area contributed by atoms with E-state index in [9.17, 15) is 9.59 Å². The van der Waals surface area contributed by atoms with E-state index in [1.807, 2.05) is 0 Å². The second-order valence-electron chi connectivity index (χ2n) is 3.84. The van der Waals surface area contributed by atoms with Crippen molar-refractivity contribution in [3.63, 3.8) is 0 Å². The van der Waals surface area contributed by atoms with E-state index in [0.717, 1.165) is 0 Å². The fraction of sp³-hybridized carbons (Fsp3) is 0.700. The number of nitrogens with two attached hydrogens (primary N) is 1. The molecule has 0 unspecified atom stereocenters. The minimum atomic E-state index is -0.695. The van der Waals surface area contributed by atoms with Crippen molar-refractivity contribution in [2.45, 2.75) is 19.8 Å². The number of hydrogen-bond donors (Lipinski definition) is 1. The quantitative estimate of drug-likeness (QED) is 0.547. The van der Waals surface area contributed by atoms with Gasteiger partial charge in [0.2, 0.25) is 5.91 Å². The van der Waals surface area contributed by atoms with Gasteiger partial charge in [-0.25, -0.2) is 0 Å². The Labute approximate surface area is 99.9 Å². The zero-order chi connectivity index (χ0) is 12.3. The van der Waals surface area contributed by atoms with Crippen molar-refractivity contribution in [1.82, 2.24) is 4.90 Å². The maximum absolute atomic E-state index is 12.1. The average Bonchev–Trinajstić information content (AvgIpc) is 3.05. The number of carbonyl (C=O) groups is 2. The minimum absolute atomic E-state index is 0.0454. The third-order valence-electron chi connectivity index (χ3n) is 2.85. The Balaban J connectivity index is 2.70. The SMILES string of the molecule is CCN(CC(=O)OC)C(=O)C1(C(N)=S)CC1. The lowest BCUT2D eigenvalue weighted by atomic mass is 10.1. The summed E-state index contributed by atoms with van der Waals surface area (Å²) in [4.78, 5) is 24.9. The van der Waals surface area contributed by atoms with Crippen LogP contribution >= 0.6 is 12.2 Å². The molecule has 1 saturated carbocycles. The average molecular weight is 244 g/mol. The van der Waals surface area contributed by atoms with E-state index in [4.69, 9.17) is 18.0 Å². The molecule has 5 nitrogen and oxygen atoms in total. The fourth-order valence-electron chi connectivity index (χ4n) is 1.54. The van der Waals surface area contributed by atoms with Crippen LogP contribution in [0, 0.1) is 5.41 Å². The van der Waals surface area contributed by atoms with Gasteiger partial charge < -0.3 is 15.4 Å². The molecule has 0 heterocycles. The highest BCUT2D eigenvalue weighted by Crippen LogP contribution is 2.47. The molecule has 0 aromatic carbocycles. The van der Waals surface area contributed by atoms with Crippen molar-refractivity contribution in [3.05, 3.63) is 0 Å². The first-order valence-corrected chi connectivity index (χ1v) is 5.55. The van der Waals surface area contributed by atoms with E-state index in [0.29, 0.717) is 19.4 Å². The number of thiocarbonyl (C=S) groups is 1. The van der Waals surface area contributed by atoms with Crippen molar-refractivity contribution in [3.8, 4) is 0 Å². The van der Waals surface area contributed by atoms with Crippen LogP contribution in [-0.4, -0.2) is 42.0 Å². The number of likely N-dealkylation sites (N-methyl/N-ethyl adjacent to an activating group) is 1. The summed E-state index contributed by atoms with van der Waals surface area (Å²) in [5.74, 6) is -0.596. The predicted molar refractivity (Wildman–Crippen MR) is 62.7 cm³/mol. The Morgan fingerprint density at radius 2 is 2.06 bits per heavy atom. The predicted octanol–water partition coefficient (Wildman–Crippen LogP) is 0.0742. The van der Waals surface area contributed by atoms with E-state index in [1.165, 1.54) is 12.0 Å². The van der Waals surface area contributed by atoms with Crippen LogP contribution in [0.2, 0.25) is 0 Å². The first kappa shape index (κ1) is 12.9. The molecule has 0 aromatic heterocycles. The molecule has 90 valence electrons. The van der Waals surface area contributed by atoms with Gasteiger partial charge in [0.05, 0.1) is 17.5 Å². The molecule has 6 heteroatoms. The van der Waals surface area contributed by atoms with Crippen molar-refractivity contribution in [2.24, 2.45) is 11.1 Å². The largest absolute Gasteiger partial charge is 0.468 e. The van der Waals surface area contributed by atoms with Crippen LogP contribution in [-0.2, 0) is 14.3 Å². The number of hydrogen-bond acceptors (Lipinski definition) is 4. The Morgan fingerprint density at radius 3 is 2.38 bits per heavy atom. The van der Waals surface area contributed by atoms with Gasteiger partial charge in [0, 0.05) is 6.54 Å². The Kier molecular flexibility index (Phi) is 3.85. The van der Waals surface area contributed by atoms with Gasteiger partial charge in [0.15, 0.2) is 0 Å². The molecule has 2 N–H and O–H groups in total. The third kappa shape index (κ3) is 2.32. The molecule has 0 atom stereocenters. The summed E-state index contributed by atoms with van der Waals surface area (Å²) in [6.07, 6.45) is 1.36. The lowest BCUT2D eigenvalue weighted by molar-refractivity contribution is -0.148. The van der Waals surface area contributed by atoms with Crippen LogP contribution in [0.25, 0.3) is 0 Å². The Hall–Kier alpha value is -1.17. The minimum Gasteiger partial charge on any atom is -0.468 e. The first-order valence-electron chi connectivity index (χ1n) is 5.14. The summed E-state index contributed by atoms with van der Waals surface area (Å²) in [5.41, 5.74) is 4.86. The van der Waals surface area contributed by atoms with Crippen molar-refractivity contribution < 1.29 is 14.3 Å². The van der Waals surface area contributed by atoms with Crippen molar-refractivity contribution >= 4 is 29.1 Å². The van der Waals surface area contributed by atoms with Crippen LogP contribution in [0.1, 0.15) is 19.8 Å². The molecule has 1 rings (SSSR count). The smallest absolute Gasteiger partial charge is 0.325 e. The number of nitrogens with zero attached hydrogens (tertiary/aromatic N) is 1. The second kappa shape index (κ2) is 4.78. The molecular weight excluding hydrogens is 228 g/mol. The highest BCUT2D eigenvalue weighted by molar-refractivity contribution is 7.80. The number of esters is 1. The van der Waals surface area contributed by atoms with Gasteiger partial charge in [-0.3, -0.25) is 9.59 Å². The van der Waals surface area contributed by atoms with Crippen LogP contribution in [0.3, 0.4) is 0 Å². The first-order chi connectivity index (χ1) is 7.47. The second-order valence-corrected chi connectivity index (χ2v) is 4.28. The molecular formula is C10H16N2O3S. The van der Waals surface area contributed by atoms with Crippen LogP contribution < -0.4 is 5.73 Å². The van der Waals surface area contributed by atoms with Gasteiger partial charge in [-0.1, -0.05) is 12.2 Å². The maximum Gasteiger partial charge on any atom is 0.325 e. The summed E-state index contributed by atoms with van der Waals surface area (Å²) in [5, 5.41) is 0. The molecule has 0 saturated heterocycles. The molecule has 1 amide bonds. The monoisotopic (exact) mass is 244 g/mol. The van der Waals surface area contributed by atoms with E-state index in [1.54, 1.807) is 6.92 Å². The van der Waals surface area contributed by atoms with Gasteiger partial charge in [0.25, 0.3) is 0 Å². The van der Waals surface area contributed by atoms with Crippen LogP contribution in [0.4, 0.5) is 0 Å². The van der Waals surface area contributed by atoms with Gasteiger partial charge in [0.1, 0.15) is 6.54 Å². The van der Waals surface area contributed by atoms with Crippen molar-refractivity contribution in [1.29, 1.82) is 0 Å². The van der Waals surface area contributed by atoms with E-state index in [-0.39, 0.29) is 17.4 Å². The van der Waals surface area contributed by atoms with Gasteiger partial charge >= 0.3 is 5.97 Å². The molecule has 1 aliphatic carbocycles. The highest BCUT2D eigenvalue weighted by atomic mass is 32.1. The standard InChI is InChI=1S/C10H16N2O3S/c1-3-12(6-7(13)15-2)9(14)10(4-5-10)8(11)16/h3-6H2,1-2H3,(H2,11,16). The molecule has 0 bridgehead atoms. The van der Waals surface area contributed by atoms with Crippen LogP contribution in [0.5, 0.6) is 0 Å². The molecule has 0 radical (unpaired) electrons. The van der Waals surface area contributed by atoms with E-state index < -0.39 is 11.4 Å². The molecule has 1 aliphatic rings. The molecule has 16 heavy (non-hydrogen) atoms. The summed E-state index contributed by atoms with van der Waals surface area (Å²) in [6.45, 7) is 2.20. The fourth-order valence-corrected chi connectivity index (χ4v) is 1.83. The summed E-state index contributed by atoms with van der Waals surface area (Å²) < 4.78 is 4.53. The molecule has 0 spiro atoms. The Morgan fingerprint density at radius 1 is 1.50 bits per heavy atom. The molecule has 0 aromatic rings. The van der Waals surface area contributed by atoms with Gasteiger partial charge in [-0.2, -0.15) is 0 Å². The number of rotatable bonds is 5. The summed E-state index contributed by atoms with van der Waals surface area (Å²) in [6, 6.07) is 0. The number of ether oxygens (including phenoxy) is 1. The Bertz CT molecular complexity index is 326. The number of carbonyl (C=O) groups excluding carboxylic acids is 2. The molecule has 1 fully saturated rings.